The number of hydrogen-bond acceptors (Lipinski definition) is 2. The molecule has 2 aromatic rings. The van der Waals surface area contributed by atoms with Gasteiger partial charge in [-0.1, -0.05) is 24.3 Å². The number of halogens is 1. The molecule has 1 unspecified atom stereocenters. The molecule has 0 amide bonds. The topological polar surface area (TPSA) is 35.8 Å². The molecule has 1 N–H and O–H groups in total. The fraction of sp³-hybridized carbons (Fsp3) is 0.188. The summed E-state index contributed by atoms with van der Waals surface area (Å²) in [6, 6.07) is 14.3. The summed E-state index contributed by atoms with van der Waals surface area (Å²) in [5.74, 6) is -0.254. The smallest absolute Gasteiger partial charge is 0.123 e. The first-order chi connectivity index (χ1) is 9.11. The second-order valence-corrected chi connectivity index (χ2v) is 4.53. The summed E-state index contributed by atoms with van der Waals surface area (Å²) >= 11 is 0. The number of benzene rings is 2. The first-order valence-electron chi connectivity index (χ1n) is 6.13. The first kappa shape index (κ1) is 13.1. The van der Waals surface area contributed by atoms with E-state index in [0.29, 0.717) is 5.56 Å². The van der Waals surface area contributed by atoms with Gasteiger partial charge in [0.25, 0.3) is 0 Å². The van der Waals surface area contributed by atoms with Crippen LogP contribution in [0.15, 0.2) is 42.5 Å². The maximum atomic E-state index is 13.2. The van der Waals surface area contributed by atoms with Crippen molar-refractivity contribution in [3.63, 3.8) is 0 Å². The van der Waals surface area contributed by atoms with Crippen molar-refractivity contribution in [1.82, 2.24) is 0 Å². The van der Waals surface area contributed by atoms with Crippen LogP contribution in [0.25, 0.3) is 0 Å². The highest BCUT2D eigenvalue weighted by Crippen LogP contribution is 2.24. The molecule has 2 rings (SSSR count). The molecule has 19 heavy (non-hydrogen) atoms. The van der Waals surface area contributed by atoms with E-state index in [1.807, 2.05) is 38.1 Å². The van der Waals surface area contributed by atoms with Gasteiger partial charge in [0, 0.05) is 6.04 Å². The van der Waals surface area contributed by atoms with E-state index in [1.54, 1.807) is 6.07 Å². The molecule has 0 heterocycles. The van der Waals surface area contributed by atoms with E-state index < -0.39 is 0 Å². The average molecular weight is 254 g/mol. The van der Waals surface area contributed by atoms with Crippen molar-refractivity contribution in [3.05, 3.63) is 65.0 Å². The molecule has 3 heteroatoms. The summed E-state index contributed by atoms with van der Waals surface area (Å²) in [6.07, 6.45) is 0. The summed E-state index contributed by atoms with van der Waals surface area (Å²) in [6.45, 7) is 3.84. The Morgan fingerprint density at radius 2 is 1.95 bits per heavy atom. The molecule has 0 bridgehead atoms. The molecule has 0 aliphatic carbocycles. The molecule has 0 aromatic heterocycles. The number of nitrogens with one attached hydrogen (secondary N) is 1. The molecule has 1 atom stereocenters. The third kappa shape index (κ3) is 2.92. The number of rotatable bonds is 3. The van der Waals surface area contributed by atoms with Crippen molar-refractivity contribution in [2.24, 2.45) is 0 Å². The van der Waals surface area contributed by atoms with Gasteiger partial charge in [-0.15, -0.1) is 0 Å². The van der Waals surface area contributed by atoms with E-state index in [0.717, 1.165) is 16.8 Å². The molecule has 2 nitrogen and oxygen atoms in total. The van der Waals surface area contributed by atoms with Gasteiger partial charge in [0.05, 0.1) is 11.3 Å². The number of nitrogens with zero attached hydrogens (tertiary/aromatic N) is 1. The van der Waals surface area contributed by atoms with Crippen molar-refractivity contribution in [2.75, 3.05) is 5.32 Å². The van der Waals surface area contributed by atoms with Crippen LogP contribution in [0.2, 0.25) is 0 Å². The largest absolute Gasteiger partial charge is 0.377 e. The molecule has 0 aliphatic heterocycles. The van der Waals surface area contributed by atoms with Gasteiger partial charge in [-0.05, 0) is 43.2 Å². The predicted molar refractivity (Wildman–Crippen MR) is 74.3 cm³/mol. The molecular weight excluding hydrogens is 239 g/mol. The number of anilines is 1. The summed E-state index contributed by atoms with van der Waals surface area (Å²) in [5.41, 5.74) is 3.19. The lowest BCUT2D eigenvalue weighted by Gasteiger charge is -2.17. The Bertz CT molecular complexity index is 629. The zero-order valence-corrected chi connectivity index (χ0v) is 10.9. The van der Waals surface area contributed by atoms with Crippen LogP contribution < -0.4 is 5.32 Å². The van der Waals surface area contributed by atoms with E-state index in [1.165, 1.54) is 12.1 Å². The Kier molecular flexibility index (Phi) is 3.82. The first-order valence-corrected chi connectivity index (χ1v) is 6.13. The van der Waals surface area contributed by atoms with Crippen LogP contribution in [0.3, 0.4) is 0 Å². The Balaban J connectivity index is 2.27. The fourth-order valence-electron chi connectivity index (χ4n) is 2.03. The minimum atomic E-state index is -0.254. The zero-order chi connectivity index (χ0) is 13.8. The number of aryl methyl sites for hydroxylation is 1. The SMILES string of the molecule is Cc1cccc(NC(C)c2cccc(F)c2)c1C#N. The minimum Gasteiger partial charge on any atom is -0.377 e. The van der Waals surface area contributed by atoms with Crippen LogP contribution in [0.1, 0.15) is 29.7 Å². The van der Waals surface area contributed by atoms with Crippen LogP contribution in [-0.4, -0.2) is 0 Å². The van der Waals surface area contributed by atoms with Gasteiger partial charge < -0.3 is 5.32 Å². The van der Waals surface area contributed by atoms with E-state index in [4.69, 9.17) is 0 Å². The highest BCUT2D eigenvalue weighted by atomic mass is 19.1. The monoisotopic (exact) mass is 254 g/mol. The Labute approximate surface area is 112 Å². The summed E-state index contributed by atoms with van der Waals surface area (Å²) < 4.78 is 13.2. The second kappa shape index (κ2) is 5.53. The van der Waals surface area contributed by atoms with Crippen LogP contribution in [0.4, 0.5) is 10.1 Å². The molecule has 0 saturated carbocycles. The molecule has 0 saturated heterocycles. The molecule has 0 aliphatic rings. The van der Waals surface area contributed by atoms with Crippen molar-refractivity contribution < 1.29 is 4.39 Å². The maximum Gasteiger partial charge on any atom is 0.123 e. The van der Waals surface area contributed by atoms with Crippen molar-refractivity contribution in [1.29, 1.82) is 5.26 Å². The standard InChI is InChI=1S/C16H15FN2/c1-11-5-3-8-16(15(11)10-18)19-12(2)13-6-4-7-14(17)9-13/h3-9,12,19H,1-2H3. The molecule has 96 valence electrons. The van der Waals surface area contributed by atoms with E-state index in [2.05, 4.69) is 11.4 Å². The van der Waals surface area contributed by atoms with Crippen molar-refractivity contribution in [3.8, 4) is 6.07 Å². The molecule has 2 aromatic carbocycles. The number of nitriles is 1. The van der Waals surface area contributed by atoms with Gasteiger partial charge in [0.15, 0.2) is 0 Å². The van der Waals surface area contributed by atoms with Gasteiger partial charge in [-0.3, -0.25) is 0 Å². The molecule has 0 spiro atoms. The maximum absolute atomic E-state index is 13.2. The summed E-state index contributed by atoms with van der Waals surface area (Å²) in [5, 5.41) is 12.4. The lowest BCUT2D eigenvalue weighted by Crippen LogP contribution is -2.08. The van der Waals surface area contributed by atoms with Crippen molar-refractivity contribution in [2.45, 2.75) is 19.9 Å². The second-order valence-electron chi connectivity index (χ2n) is 4.53. The average Bonchev–Trinajstić information content (AvgIpc) is 2.39. The lowest BCUT2D eigenvalue weighted by atomic mass is 10.0. The van der Waals surface area contributed by atoms with Gasteiger partial charge in [0.1, 0.15) is 11.9 Å². The zero-order valence-electron chi connectivity index (χ0n) is 10.9. The third-order valence-electron chi connectivity index (χ3n) is 3.11. The third-order valence-corrected chi connectivity index (χ3v) is 3.11. The van der Waals surface area contributed by atoms with Crippen LogP contribution in [0, 0.1) is 24.1 Å². The van der Waals surface area contributed by atoms with Gasteiger partial charge in [0.2, 0.25) is 0 Å². The fourth-order valence-corrected chi connectivity index (χ4v) is 2.03. The summed E-state index contributed by atoms with van der Waals surface area (Å²) in [7, 11) is 0. The molecular formula is C16H15FN2. The van der Waals surface area contributed by atoms with E-state index in [9.17, 15) is 9.65 Å². The molecule has 0 fully saturated rings. The van der Waals surface area contributed by atoms with Gasteiger partial charge >= 0.3 is 0 Å². The van der Waals surface area contributed by atoms with Crippen molar-refractivity contribution >= 4 is 5.69 Å². The normalized spacial score (nSPS) is 11.7. The Hall–Kier alpha value is -2.34. The molecule has 0 radical (unpaired) electrons. The van der Waals surface area contributed by atoms with Gasteiger partial charge in [-0.2, -0.15) is 5.26 Å². The van der Waals surface area contributed by atoms with Crippen LogP contribution in [0.5, 0.6) is 0 Å². The van der Waals surface area contributed by atoms with Gasteiger partial charge in [-0.25, -0.2) is 4.39 Å². The summed E-state index contributed by atoms with van der Waals surface area (Å²) in [4.78, 5) is 0. The minimum absolute atomic E-state index is 0.0652. The van der Waals surface area contributed by atoms with Crippen LogP contribution >= 0.6 is 0 Å². The highest BCUT2D eigenvalue weighted by molar-refractivity contribution is 5.61. The van der Waals surface area contributed by atoms with Crippen LogP contribution in [-0.2, 0) is 0 Å². The number of hydrogen-bond donors (Lipinski definition) is 1. The van der Waals surface area contributed by atoms with E-state index in [-0.39, 0.29) is 11.9 Å². The quantitative estimate of drug-likeness (QED) is 0.891. The Morgan fingerprint density at radius 3 is 2.63 bits per heavy atom. The Morgan fingerprint density at radius 1 is 1.21 bits per heavy atom. The predicted octanol–water partition coefficient (Wildman–Crippen LogP) is 4.18. The van der Waals surface area contributed by atoms with E-state index >= 15 is 0 Å². The lowest BCUT2D eigenvalue weighted by molar-refractivity contribution is 0.623. The highest BCUT2D eigenvalue weighted by Gasteiger charge is 2.10.